The minimum absolute atomic E-state index is 0.116. The van der Waals surface area contributed by atoms with Gasteiger partial charge in [-0.3, -0.25) is 4.79 Å². The molecule has 3 rings (SSSR count). The van der Waals surface area contributed by atoms with Gasteiger partial charge in [0, 0.05) is 17.4 Å². The Labute approximate surface area is 160 Å². The van der Waals surface area contributed by atoms with Gasteiger partial charge in [-0.2, -0.15) is 0 Å². The lowest BCUT2D eigenvalue weighted by atomic mass is 9.94. The molecule has 0 aromatic heterocycles. The zero-order valence-corrected chi connectivity index (χ0v) is 15.7. The molecule has 3 amide bonds. The van der Waals surface area contributed by atoms with E-state index in [1.165, 1.54) is 0 Å². The zero-order chi connectivity index (χ0) is 18.9. The largest absolute Gasteiger partial charge is 0.490 e. The van der Waals surface area contributed by atoms with E-state index in [9.17, 15) is 9.59 Å². The molecule has 0 spiro atoms. The molecule has 0 bridgehead atoms. The predicted molar refractivity (Wildman–Crippen MR) is 103 cm³/mol. The first-order chi connectivity index (χ1) is 12.2. The van der Waals surface area contributed by atoms with Crippen LogP contribution >= 0.6 is 23.2 Å². The van der Waals surface area contributed by atoms with Gasteiger partial charge in [-0.1, -0.05) is 23.2 Å². The highest BCUT2D eigenvalue weighted by Gasteiger charge is 2.32. The highest BCUT2D eigenvalue weighted by atomic mass is 35.5. The minimum atomic E-state index is -0.641. The van der Waals surface area contributed by atoms with E-state index in [0.29, 0.717) is 32.9 Å². The van der Waals surface area contributed by atoms with E-state index in [2.05, 4.69) is 16.0 Å². The number of benzene rings is 2. The fourth-order valence-corrected chi connectivity index (χ4v) is 2.60. The topological polar surface area (TPSA) is 79.5 Å². The third kappa shape index (κ3) is 4.03. The van der Waals surface area contributed by atoms with E-state index in [1.807, 2.05) is 0 Å². The molecule has 0 atom stereocenters. The van der Waals surface area contributed by atoms with Gasteiger partial charge in [-0.15, -0.1) is 0 Å². The highest BCUT2D eigenvalue weighted by Crippen LogP contribution is 2.34. The minimum Gasteiger partial charge on any atom is -0.490 e. The first-order valence-corrected chi connectivity index (χ1v) is 8.61. The van der Waals surface area contributed by atoms with Crippen molar-refractivity contribution in [2.24, 2.45) is 5.41 Å². The van der Waals surface area contributed by atoms with Crippen LogP contribution in [0.1, 0.15) is 13.8 Å². The zero-order valence-electron chi connectivity index (χ0n) is 14.2. The van der Waals surface area contributed by atoms with Gasteiger partial charge in [0.1, 0.15) is 12.4 Å². The van der Waals surface area contributed by atoms with Gasteiger partial charge in [0.15, 0.2) is 0 Å². The number of hydrogen-bond acceptors (Lipinski definition) is 3. The normalized spacial score (nSPS) is 15.2. The van der Waals surface area contributed by atoms with Crippen LogP contribution in [0.5, 0.6) is 5.75 Å². The molecule has 8 heteroatoms. The third-order valence-corrected chi connectivity index (χ3v) is 4.61. The van der Waals surface area contributed by atoms with Crippen LogP contribution < -0.4 is 20.7 Å². The van der Waals surface area contributed by atoms with Crippen molar-refractivity contribution in [2.45, 2.75) is 13.8 Å². The Morgan fingerprint density at radius 1 is 1.08 bits per heavy atom. The lowest BCUT2D eigenvalue weighted by molar-refractivity contribution is -0.124. The average Bonchev–Trinajstić information content (AvgIpc) is 2.68. The van der Waals surface area contributed by atoms with E-state index in [0.717, 1.165) is 0 Å². The number of anilines is 3. The van der Waals surface area contributed by atoms with Crippen molar-refractivity contribution < 1.29 is 14.3 Å². The summed E-state index contributed by atoms with van der Waals surface area (Å²) in [5, 5.41) is 8.96. The quantitative estimate of drug-likeness (QED) is 0.671. The van der Waals surface area contributed by atoms with Gasteiger partial charge in [-0.25, -0.2) is 4.79 Å². The molecule has 0 saturated heterocycles. The Morgan fingerprint density at radius 3 is 2.42 bits per heavy atom. The summed E-state index contributed by atoms with van der Waals surface area (Å²) in [7, 11) is 0. The smallest absolute Gasteiger partial charge is 0.323 e. The van der Waals surface area contributed by atoms with E-state index in [-0.39, 0.29) is 12.5 Å². The van der Waals surface area contributed by atoms with Crippen LogP contribution in [-0.4, -0.2) is 18.5 Å². The monoisotopic (exact) mass is 393 g/mol. The number of rotatable bonds is 2. The van der Waals surface area contributed by atoms with Crippen molar-refractivity contribution in [3.05, 3.63) is 46.4 Å². The lowest BCUT2D eigenvalue weighted by Gasteiger charge is -2.18. The summed E-state index contributed by atoms with van der Waals surface area (Å²) in [6, 6.07) is 9.37. The van der Waals surface area contributed by atoms with Crippen LogP contribution in [0.2, 0.25) is 10.0 Å². The number of urea groups is 1. The molecule has 136 valence electrons. The maximum absolute atomic E-state index is 12.2. The number of nitrogens with one attached hydrogen (secondary N) is 3. The fourth-order valence-electron chi connectivity index (χ4n) is 2.31. The van der Waals surface area contributed by atoms with Crippen LogP contribution in [-0.2, 0) is 4.79 Å². The molecule has 6 nitrogen and oxygen atoms in total. The van der Waals surface area contributed by atoms with Crippen molar-refractivity contribution in [2.75, 3.05) is 22.6 Å². The van der Waals surface area contributed by atoms with Gasteiger partial charge in [0.05, 0.1) is 21.1 Å². The first-order valence-electron chi connectivity index (χ1n) is 7.86. The van der Waals surface area contributed by atoms with Crippen molar-refractivity contribution in [1.82, 2.24) is 0 Å². The summed E-state index contributed by atoms with van der Waals surface area (Å²) < 4.78 is 5.72. The number of carbonyl (C=O) groups excluding carboxylic acids is 2. The third-order valence-electron chi connectivity index (χ3n) is 3.87. The number of carbonyl (C=O) groups is 2. The number of amides is 3. The van der Waals surface area contributed by atoms with Crippen LogP contribution in [0.3, 0.4) is 0 Å². The number of ether oxygens (including phenoxy) is 1. The SMILES string of the molecule is CC1(C)COc2cc(NC(=O)Nc3ccc(Cl)c(Cl)c3)ccc2NC1=O. The number of halogens is 2. The van der Waals surface area contributed by atoms with Crippen molar-refractivity contribution >= 4 is 52.2 Å². The average molecular weight is 394 g/mol. The summed E-state index contributed by atoms with van der Waals surface area (Å²) in [5.41, 5.74) is 0.959. The predicted octanol–water partition coefficient (Wildman–Crippen LogP) is 4.99. The van der Waals surface area contributed by atoms with Crippen LogP contribution in [0.25, 0.3) is 0 Å². The molecule has 1 aliphatic rings. The Hall–Kier alpha value is -2.44. The van der Waals surface area contributed by atoms with E-state index in [1.54, 1.807) is 50.2 Å². The summed E-state index contributed by atoms with van der Waals surface area (Å²) in [6.45, 7) is 3.85. The summed E-state index contributed by atoms with van der Waals surface area (Å²) >= 11 is 11.8. The Bertz CT molecular complexity index is 884. The fraction of sp³-hybridized carbons (Fsp3) is 0.222. The summed E-state index contributed by atoms with van der Waals surface area (Å²) in [5.74, 6) is 0.380. The molecule has 0 radical (unpaired) electrons. The van der Waals surface area contributed by atoms with Gasteiger partial charge in [-0.05, 0) is 44.2 Å². The summed E-state index contributed by atoms with van der Waals surface area (Å²) in [6.07, 6.45) is 0. The first kappa shape index (κ1) is 18.4. The summed E-state index contributed by atoms with van der Waals surface area (Å²) in [4.78, 5) is 24.3. The Balaban J connectivity index is 1.71. The molecule has 2 aromatic rings. The molecule has 2 aromatic carbocycles. The van der Waals surface area contributed by atoms with Crippen LogP contribution in [0.4, 0.5) is 21.9 Å². The van der Waals surface area contributed by atoms with Crippen molar-refractivity contribution in [3.63, 3.8) is 0 Å². The molecule has 0 aliphatic carbocycles. The van der Waals surface area contributed by atoms with E-state index in [4.69, 9.17) is 27.9 Å². The second-order valence-corrected chi connectivity index (χ2v) is 7.36. The second-order valence-electron chi connectivity index (χ2n) is 6.55. The Kier molecular flexibility index (Phi) is 4.98. The maximum Gasteiger partial charge on any atom is 0.323 e. The number of fused-ring (bicyclic) bond motifs is 1. The molecule has 26 heavy (non-hydrogen) atoms. The van der Waals surface area contributed by atoms with Crippen molar-refractivity contribution in [3.8, 4) is 5.75 Å². The number of hydrogen-bond donors (Lipinski definition) is 3. The molecule has 0 fully saturated rings. The van der Waals surface area contributed by atoms with Gasteiger partial charge < -0.3 is 20.7 Å². The lowest BCUT2D eigenvalue weighted by Crippen LogP contribution is -2.33. The van der Waals surface area contributed by atoms with Crippen molar-refractivity contribution in [1.29, 1.82) is 0 Å². The van der Waals surface area contributed by atoms with Gasteiger partial charge >= 0.3 is 6.03 Å². The molecular formula is C18H17Cl2N3O3. The molecule has 1 aliphatic heterocycles. The standard InChI is InChI=1S/C18H17Cl2N3O3/c1-18(2)9-26-15-8-11(4-6-14(15)23-16(18)24)22-17(25)21-10-3-5-12(19)13(20)7-10/h3-8H,9H2,1-2H3,(H,23,24)(H2,21,22,25). The molecule has 3 N–H and O–H groups in total. The van der Waals surface area contributed by atoms with Gasteiger partial charge in [0.2, 0.25) is 5.91 Å². The molecule has 0 unspecified atom stereocenters. The highest BCUT2D eigenvalue weighted by molar-refractivity contribution is 6.42. The molecule has 1 heterocycles. The van der Waals surface area contributed by atoms with E-state index >= 15 is 0 Å². The molecular weight excluding hydrogens is 377 g/mol. The van der Waals surface area contributed by atoms with Gasteiger partial charge in [0.25, 0.3) is 0 Å². The Morgan fingerprint density at radius 2 is 1.73 bits per heavy atom. The van der Waals surface area contributed by atoms with Crippen LogP contribution in [0, 0.1) is 5.41 Å². The second kappa shape index (κ2) is 7.05. The maximum atomic E-state index is 12.2. The van der Waals surface area contributed by atoms with E-state index < -0.39 is 11.4 Å². The molecule has 0 saturated carbocycles. The van der Waals surface area contributed by atoms with Crippen LogP contribution in [0.15, 0.2) is 36.4 Å².